The van der Waals surface area contributed by atoms with E-state index in [0.717, 1.165) is 18.7 Å². The van der Waals surface area contributed by atoms with Crippen LogP contribution in [-0.4, -0.2) is 11.6 Å². The molecule has 0 saturated carbocycles. The zero-order chi connectivity index (χ0) is 14.7. The number of fused-ring (bicyclic) bond motifs is 1. The minimum absolute atomic E-state index is 0.708. The van der Waals surface area contributed by atoms with Crippen LogP contribution in [-0.2, 0) is 13.1 Å². The Bertz CT molecular complexity index is 809. The van der Waals surface area contributed by atoms with Crippen molar-refractivity contribution in [1.29, 1.82) is 5.26 Å². The predicted molar refractivity (Wildman–Crippen MR) is 85.0 cm³/mol. The van der Waals surface area contributed by atoms with Crippen LogP contribution in [0.4, 0.5) is 0 Å². The minimum atomic E-state index is 0.708. The first-order valence-corrected chi connectivity index (χ1v) is 7.02. The second-order valence-corrected chi connectivity index (χ2v) is 5.14. The molecule has 0 bridgehead atoms. The monoisotopic (exact) mass is 275 g/mol. The zero-order valence-electron chi connectivity index (χ0n) is 12.0. The lowest BCUT2D eigenvalue weighted by atomic mass is 10.1. The van der Waals surface area contributed by atoms with Gasteiger partial charge in [-0.05, 0) is 42.4 Å². The highest BCUT2D eigenvalue weighted by Crippen LogP contribution is 2.21. The number of nitriles is 1. The molecule has 2 aromatic carbocycles. The second-order valence-electron chi connectivity index (χ2n) is 5.14. The number of hydrogen-bond donors (Lipinski definition) is 1. The molecule has 104 valence electrons. The molecule has 0 aliphatic heterocycles. The van der Waals surface area contributed by atoms with Crippen molar-refractivity contribution in [2.45, 2.75) is 13.1 Å². The summed E-state index contributed by atoms with van der Waals surface area (Å²) in [6.45, 7) is 1.65. The van der Waals surface area contributed by atoms with Gasteiger partial charge in [-0.25, -0.2) is 0 Å². The molecule has 3 rings (SSSR count). The van der Waals surface area contributed by atoms with Crippen molar-refractivity contribution in [2.75, 3.05) is 7.05 Å². The van der Waals surface area contributed by atoms with Crippen molar-refractivity contribution in [3.05, 3.63) is 71.4 Å². The first kappa shape index (κ1) is 13.4. The van der Waals surface area contributed by atoms with E-state index >= 15 is 0 Å². The fourth-order valence-electron chi connectivity index (χ4n) is 2.71. The third kappa shape index (κ3) is 2.67. The summed E-state index contributed by atoms with van der Waals surface area (Å²) in [6, 6.07) is 18.5. The Kier molecular flexibility index (Phi) is 3.72. The molecule has 1 N–H and O–H groups in total. The van der Waals surface area contributed by atoms with Crippen LogP contribution in [0.3, 0.4) is 0 Å². The Balaban J connectivity index is 1.98. The number of aromatic nitrogens is 1. The van der Waals surface area contributed by atoms with E-state index in [9.17, 15) is 0 Å². The Morgan fingerprint density at radius 3 is 2.81 bits per heavy atom. The van der Waals surface area contributed by atoms with Gasteiger partial charge < -0.3 is 9.88 Å². The summed E-state index contributed by atoms with van der Waals surface area (Å²) in [5, 5.41) is 13.5. The fourth-order valence-corrected chi connectivity index (χ4v) is 2.71. The smallest absolute Gasteiger partial charge is 0.0991 e. The average molecular weight is 275 g/mol. The summed E-state index contributed by atoms with van der Waals surface area (Å²) in [5.41, 5.74) is 4.38. The summed E-state index contributed by atoms with van der Waals surface area (Å²) >= 11 is 0. The summed E-state index contributed by atoms with van der Waals surface area (Å²) in [6.07, 6.45) is 2.11. The molecule has 0 atom stereocenters. The van der Waals surface area contributed by atoms with Gasteiger partial charge >= 0.3 is 0 Å². The molecule has 1 heterocycles. The highest BCUT2D eigenvalue weighted by molar-refractivity contribution is 5.83. The number of rotatable bonds is 4. The van der Waals surface area contributed by atoms with Crippen LogP contribution in [0.5, 0.6) is 0 Å². The topological polar surface area (TPSA) is 40.8 Å². The van der Waals surface area contributed by atoms with Gasteiger partial charge in [-0.1, -0.05) is 24.3 Å². The highest BCUT2D eigenvalue weighted by atomic mass is 15.0. The van der Waals surface area contributed by atoms with E-state index in [4.69, 9.17) is 5.26 Å². The van der Waals surface area contributed by atoms with Crippen LogP contribution >= 0.6 is 0 Å². The highest BCUT2D eigenvalue weighted by Gasteiger charge is 2.06. The lowest BCUT2D eigenvalue weighted by Gasteiger charge is -2.08. The molecule has 3 nitrogen and oxygen atoms in total. The first-order chi connectivity index (χ1) is 10.3. The maximum Gasteiger partial charge on any atom is 0.0991 e. The molecule has 0 amide bonds. The maximum atomic E-state index is 8.99. The minimum Gasteiger partial charge on any atom is -0.343 e. The van der Waals surface area contributed by atoms with E-state index in [-0.39, 0.29) is 0 Å². The van der Waals surface area contributed by atoms with Crippen molar-refractivity contribution < 1.29 is 0 Å². The molecule has 0 unspecified atom stereocenters. The van der Waals surface area contributed by atoms with Crippen LogP contribution in [0.25, 0.3) is 10.9 Å². The van der Waals surface area contributed by atoms with E-state index in [0.29, 0.717) is 5.56 Å². The molecule has 3 aromatic rings. The number of nitrogens with zero attached hydrogens (tertiary/aromatic N) is 2. The van der Waals surface area contributed by atoms with Gasteiger partial charge in [-0.15, -0.1) is 0 Å². The number of hydrogen-bond acceptors (Lipinski definition) is 2. The Labute approximate surface area is 124 Å². The van der Waals surface area contributed by atoms with Crippen LogP contribution in [0.1, 0.15) is 16.7 Å². The third-order valence-electron chi connectivity index (χ3n) is 3.68. The van der Waals surface area contributed by atoms with Crippen molar-refractivity contribution in [3.8, 4) is 6.07 Å². The molecule has 1 aromatic heterocycles. The quantitative estimate of drug-likeness (QED) is 0.794. The summed E-state index contributed by atoms with van der Waals surface area (Å²) < 4.78 is 2.23. The van der Waals surface area contributed by atoms with Crippen LogP contribution in [0.2, 0.25) is 0 Å². The molecule has 0 aliphatic rings. The maximum absolute atomic E-state index is 8.99. The normalized spacial score (nSPS) is 10.7. The molecule has 0 spiro atoms. The van der Waals surface area contributed by atoms with Crippen molar-refractivity contribution in [3.63, 3.8) is 0 Å². The fraction of sp³-hybridized carbons (Fsp3) is 0.167. The number of nitrogens with one attached hydrogen (secondary N) is 1. The molecule has 0 radical (unpaired) electrons. The molecule has 0 fully saturated rings. The first-order valence-electron chi connectivity index (χ1n) is 7.02. The van der Waals surface area contributed by atoms with E-state index < -0.39 is 0 Å². The van der Waals surface area contributed by atoms with Crippen LogP contribution in [0.15, 0.2) is 54.7 Å². The van der Waals surface area contributed by atoms with Crippen LogP contribution in [0, 0.1) is 11.3 Å². The molecule has 0 aliphatic carbocycles. The van der Waals surface area contributed by atoms with Crippen molar-refractivity contribution in [1.82, 2.24) is 9.88 Å². The van der Waals surface area contributed by atoms with Gasteiger partial charge in [-0.2, -0.15) is 5.26 Å². The van der Waals surface area contributed by atoms with Crippen LogP contribution < -0.4 is 5.32 Å². The summed E-state index contributed by atoms with van der Waals surface area (Å²) in [7, 11) is 1.96. The van der Waals surface area contributed by atoms with E-state index in [2.05, 4.69) is 52.5 Å². The van der Waals surface area contributed by atoms with Gasteiger partial charge in [0.25, 0.3) is 0 Å². The van der Waals surface area contributed by atoms with Gasteiger partial charge in [0.15, 0.2) is 0 Å². The van der Waals surface area contributed by atoms with Crippen molar-refractivity contribution >= 4 is 10.9 Å². The van der Waals surface area contributed by atoms with Gasteiger partial charge in [-0.3, -0.25) is 0 Å². The zero-order valence-corrected chi connectivity index (χ0v) is 12.0. The lowest BCUT2D eigenvalue weighted by molar-refractivity contribution is 0.821. The Hall–Kier alpha value is -2.57. The Morgan fingerprint density at radius 1 is 1.14 bits per heavy atom. The SMILES string of the molecule is CNCc1cccc2c1ccn2Cc1cccc(C#N)c1. The lowest BCUT2D eigenvalue weighted by Crippen LogP contribution is -2.05. The standard InChI is InChI=1S/C18H17N3/c1-20-12-16-6-3-7-18-17(16)8-9-21(18)13-15-5-2-4-14(10-15)11-19/h2-10,20H,12-13H2,1H3. The summed E-state index contributed by atoms with van der Waals surface area (Å²) in [5.74, 6) is 0. The number of benzene rings is 2. The van der Waals surface area contributed by atoms with E-state index in [1.807, 2.05) is 25.2 Å². The Morgan fingerprint density at radius 2 is 2.00 bits per heavy atom. The van der Waals surface area contributed by atoms with E-state index in [1.165, 1.54) is 16.5 Å². The average Bonchev–Trinajstić information content (AvgIpc) is 2.92. The van der Waals surface area contributed by atoms with Gasteiger partial charge in [0.05, 0.1) is 11.6 Å². The third-order valence-corrected chi connectivity index (χ3v) is 3.68. The molecule has 3 heteroatoms. The van der Waals surface area contributed by atoms with Gasteiger partial charge in [0.1, 0.15) is 0 Å². The van der Waals surface area contributed by atoms with Gasteiger partial charge in [0, 0.05) is 30.2 Å². The summed E-state index contributed by atoms with van der Waals surface area (Å²) in [4.78, 5) is 0. The van der Waals surface area contributed by atoms with E-state index in [1.54, 1.807) is 0 Å². The molecule has 0 saturated heterocycles. The molecular weight excluding hydrogens is 258 g/mol. The second kappa shape index (κ2) is 5.82. The predicted octanol–water partition coefficient (Wildman–Crippen LogP) is 3.28. The largest absolute Gasteiger partial charge is 0.343 e. The van der Waals surface area contributed by atoms with Gasteiger partial charge in [0.2, 0.25) is 0 Å². The molecule has 21 heavy (non-hydrogen) atoms. The van der Waals surface area contributed by atoms with Crippen molar-refractivity contribution in [2.24, 2.45) is 0 Å². The molecular formula is C18H17N3.